The Morgan fingerprint density at radius 3 is 2.28 bits per heavy atom. The summed E-state index contributed by atoms with van der Waals surface area (Å²) in [5.74, 6) is 0.797. The van der Waals surface area contributed by atoms with Crippen LogP contribution in [0.2, 0.25) is 0 Å². The Balaban J connectivity index is 1.47. The molecule has 0 spiro atoms. The van der Waals surface area contributed by atoms with E-state index in [0.29, 0.717) is 24.6 Å². The van der Waals surface area contributed by atoms with Crippen LogP contribution in [0, 0.1) is 0 Å². The van der Waals surface area contributed by atoms with Crippen LogP contribution in [0.15, 0.2) is 42.7 Å². The molecule has 0 atom stereocenters. The molecular formula is C18H21N5O2. The van der Waals surface area contributed by atoms with Crippen molar-refractivity contribution < 1.29 is 9.59 Å². The summed E-state index contributed by atoms with van der Waals surface area (Å²) in [7, 11) is 0. The molecule has 0 aliphatic carbocycles. The molecule has 130 valence electrons. The van der Waals surface area contributed by atoms with Gasteiger partial charge in [-0.05, 0) is 37.3 Å². The summed E-state index contributed by atoms with van der Waals surface area (Å²) >= 11 is 0. The molecular weight excluding hydrogens is 318 g/mol. The minimum absolute atomic E-state index is 0.0305. The molecule has 2 heterocycles. The van der Waals surface area contributed by atoms with Gasteiger partial charge in [-0.25, -0.2) is 9.97 Å². The monoisotopic (exact) mass is 339 g/mol. The zero-order valence-electron chi connectivity index (χ0n) is 14.2. The largest absolute Gasteiger partial charge is 0.376 e. The number of nitrogens with one attached hydrogen (secondary N) is 1. The first-order valence-electron chi connectivity index (χ1n) is 8.28. The molecule has 1 fully saturated rings. The number of carbonyl (C=O) groups is 2. The summed E-state index contributed by atoms with van der Waals surface area (Å²) in [4.78, 5) is 36.0. The standard InChI is InChI=1S/C18H21N5O2/c1-14(24)15-3-5-16(6-4-15)21-13-17(25)22-9-11-23(12-10-22)18-19-7-2-8-20-18/h2-8,21H,9-13H2,1H3. The molecule has 0 bridgehead atoms. The number of ketones is 1. The molecule has 0 radical (unpaired) electrons. The molecule has 1 aromatic heterocycles. The third-order valence-electron chi connectivity index (χ3n) is 4.20. The summed E-state index contributed by atoms with van der Waals surface area (Å²) in [5, 5.41) is 3.11. The van der Waals surface area contributed by atoms with Crippen molar-refractivity contribution in [2.75, 3.05) is 42.9 Å². The SMILES string of the molecule is CC(=O)c1ccc(NCC(=O)N2CCN(c3ncccn3)CC2)cc1. The minimum atomic E-state index is 0.0305. The second kappa shape index (κ2) is 7.74. The third kappa shape index (κ3) is 4.32. The Hall–Kier alpha value is -2.96. The van der Waals surface area contributed by atoms with Crippen molar-refractivity contribution in [3.63, 3.8) is 0 Å². The number of aromatic nitrogens is 2. The zero-order valence-corrected chi connectivity index (χ0v) is 14.2. The highest BCUT2D eigenvalue weighted by Crippen LogP contribution is 2.12. The Morgan fingerprint density at radius 1 is 1.04 bits per heavy atom. The van der Waals surface area contributed by atoms with E-state index in [1.165, 1.54) is 6.92 Å². The highest BCUT2D eigenvalue weighted by atomic mass is 16.2. The Kier molecular flexibility index (Phi) is 5.23. The van der Waals surface area contributed by atoms with Crippen LogP contribution < -0.4 is 10.2 Å². The van der Waals surface area contributed by atoms with Crippen LogP contribution in [0.3, 0.4) is 0 Å². The maximum atomic E-state index is 12.3. The minimum Gasteiger partial charge on any atom is -0.376 e. The van der Waals surface area contributed by atoms with E-state index < -0.39 is 0 Å². The Bertz CT molecular complexity index is 725. The van der Waals surface area contributed by atoms with E-state index in [1.807, 2.05) is 17.0 Å². The lowest BCUT2D eigenvalue weighted by atomic mass is 10.1. The highest BCUT2D eigenvalue weighted by Gasteiger charge is 2.22. The lowest BCUT2D eigenvalue weighted by Crippen LogP contribution is -2.50. The number of rotatable bonds is 5. The molecule has 0 unspecified atom stereocenters. The van der Waals surface area contributed by atoms with Gasteiger partial charge in [0.1, 0.15) is 0 Å². The van der Waals surface area contributed by atoms with Gasteiger partial charge < -0.3 is 15.1 Å². The molecule has 2 aromatic rings. The fourth-order valence-electron chi connectivity index (χ4n) is 2.72. The molecule has 1 N–H and O–H groups in total. The van der Waals surface area contributed by atoms with Gasteiger partial charge >= 0.3 is 0 Å². The van der Waals surface area contributed by atoms with Gasteiger partial charge in [-0.15, -0.1) is 0 Å². The van der Waals surface area contributed by atoms with Crippen molar-refractivity contribution in [2.45, 2.75) is 6.92 Å². The van der Waals surface area contributed by atoms with E-state index >= 15 is 0 Å². The summed E-state index contributed by atoms with van der Waals surface area (Å²) < 4.78 is 0. The molecule has 1 saturated heterocycles. The van der Waals surface area contributed by atoms with Crippen LogP contribution >= 0.6 is 0 Å². The van der Waals surface area contributed by atoms with Gasteiger partial charge in [0.05, 0.1) is 6.54 Å². The van der Waals surface area contributed by atoms with Crippen LogP contribution in [-0.2, 0) is 4.79 Å². The van der Waals surface area contributed by atoms with Gasteiger partial charge in [0.25, 0.3) is 0 Å². The molecule has 1 aromatic carbocycles. The van der Waals surface area contributed by atoms with Gasteiger partial charge in [0.2, 0.25) is 11.9 Å². The average Bonchev–Trinajstić information content (AvgIpc) is 2.67. The van der Waals surface area contributed by atoms with E-state index in [1.54, 1.807) is 30.6 Å². The molecule has 1 aliphatic heterocycles. The normalized spacial score (nSPS) is 14.3. The van der Waals surface area contributed by atoms with Gasteiger partial charge in [-0.1, -0.05) is 0 Å². The maximum absolute atomic E-state index is 12.3. The number of carbonyl (C=O) groups excluding carboxylic acids is 2. The lowest BCUT2D eigenvalue weighted by molar-refractivity contribution is -0.129. The highest BCUT2D eigenvalue weighted by molar-refractivity contribution is 5.94. The maximum Gasteiger partial charge on any atom is 0.241 e. The topological polar surface area (TPSA) is 78.4 Å². The Labute approximate surface area is 146 Å². The molecule has 1 amide bonds. The molecule has 7 nitrogen and oxygen atoms in total. The Morgan fingerprint density at radius 2 is 1.68 bits per heavy atom. The summed E-state index contributed by atoms with van der Waals surface area (Å²) in [6, 6.07) is 8.93. The van der Waals surface area contributed by atoms with Crippen LogP contribution in [0.1, 0.15) is 17.3 Å². The number of nitrogens with zero attached hydrogens (tertiary/aromatic N) is 4. The fourth-order valence-corrected chi connectivity index (χ4v) is 2.72. The predicted octanol–water partition coefficient (Wildman–Crippen LogP) is 1.44. The van der Waals surface area contributed by atoms with E-state index in [-0.39, 0.29) is 18.2 Å². The van der Waals surface area contributed by atoms with Crippen molar-refractivity contribution in [1.82, 2.24) is 14.9 Å². The summed E-state index contributed by atoms with van der Waals surface area (Å²) in [6.45, 7) is 4.53. The van der Waals surface area contributed by atoms with Gasteiger partial charge in [0.15, 0.2) is 5.78 Å². The molecule has 7 heteroatoms. The quantitative estimate of drug-likeness (QED) is 0.831. The van der Waals surface area contributed by atoms with Gasteiger partial charge in [-0.2, -0.15) is 0 Å². The number of hydrogen-bond donors (Lipinski definition) is 1. The van der Waals surface area contributed by atoms with Crippen LogP contribution in [0.4, 0.5) is 11.6 Å². The average molecular weight is 339 g/mol. The molecule has 1 aliphatic rings. The van der Waals surface area contributed by atoms with Crippen LogP contribution in [-0.4, -0.2) is 59.3 Å². The first kappa shape index (κ1) is 16.9. The van der Waals surface area contributed by atoms with Crippen LogP contribution in [0.25, 0.3) is 0 Å². The zero-order chi connectivity index (χ0) is 17.6. The van der Waals surface area contributed by atoms with E-state index in [2.05, 4.69) is 20.2 Å². The van der Waals surface area contributed by atoms with E-state index in [0.717, 1.165) is 18.8 Å². The number of piperazine rings is 1. The molecule has 25 heavy (non-hydrogen) atoms. The lowest BCUT2D eigenvalue weighted by Gasteiger charge is -2.34. The second-order valence-electron chi connectivity index (χ2n) is 5.90. The van der Waals surface area contributed by atoms with Crippen molar-refractivity contribution in [3.05, 3.63) is 48.3 Å². The van der Waals surface area contributed by atoms with Crippen LogP contribution in [0.5, 0.6) is 0 Å². The van der Waals surface area contributed by atoms with E-state index in [4.69, 9.17) is 0 Å². The van der Waals surface area contributed by atoms with Crippen molar-refractivity contribution >= 4 is 23.3 Å². The first-order valence-corrected chi connectivity index (χ1v) is 8.28. The number of amides is 1. The fraction of sp³-hybridized carbons (Fsp3) is 0.333. The number of hydrogen-bond acceptors (Lipinski definition) is 6. The van der Waals surface area contributed by atoms with Crippen molar-refractivity contribution in [2.24, 2.45) is 0 Å². The number of Topliss-reactive ketones (excluding diaryl/α,β-unsaturated/α-hetero) is 1. The first-order chi connectivity index (χ1) is 12.1. The van der Waals surface area contributed by atoms with E-state index in [9.17, 15) is 9.59 Å². The number of benzene rings is 1. The molecule has 3 rings (SSSR count). The van der Waals surface area contributed by atoms with Gasteiger partial charge in [0, 0.05) is 49.8 Å². The smallest absolute Gasteiger partial charge is 0.241 e. The predicted molar refractivity (Wildman–Crippen MR) is 95.8 cm³/mol. The number of anilines is 2. The van der Waals surface area contributed by atoms with Gasteiger partial charge in [-0.3, -0.25) is 9.59 Å². The summed E-state index contributed by atoms with van der Waals surface area (Å²) in [6.07, 6.45) is 3.45. The summed E-state index contributed by atoms with van der Waals surface area (Å²) in [5.41, 5.74) is 1.49. The second-order valence-corrected chi connectivity index (χ2v) is 5.90. The third-order valence-corrected chi connectivity index (χ3v) is 4.20. The molecule has 0 saturated carbocycles. The van der Waals surface area contributed by atoms with Crippen molar-refractivity contribution in [1.29, 1.82) is 0 Å². The van der Waals surface area contributed by atoms with Crippen molar-refractivity contribution in [3.8, 4) is 0 Å².